The molecule has 2 aromatic rings. The van der Waals surface area contributed by atoms with Crippen molar-refractivity contribution in [2.24, 2.45) is 0 Å². The summed E-state index contributed by atoms with van der Waals surface area (Å²) in [7, 11) is 0. The molecule has 8 heteroatoms. The number of hydrogen-bond acceptors (Lipinski definition) is 3. The van der Waals surface area contributed by atoms with Crippen molar-refractivity contribution in [3.05, 3.63) is 65.2 Å². The van der Waals surface area contributed by atoms with Gasteiger partial charge in [-0.3, -0.25) is 9.69 Å². The SMILES string of the molecule is Cc1ccc(N2C(=O)[C@H]3CS[C@H](c4ccc(C(F)(F)F)cc4)N3C2=O)cc1. The number of thioether (sulfide) groups is 1. The normalized spacial score (nSPS) is 22.5. The number of rotatable bonds is 2. The van der Waals surface area contributed by atoms with Crippen LogP contribution in [-0.2, 0) is 11.0 Å². The number of hydrogen-bond donors (Lipinski definition) is 0. The number of aryl methyl sites for hydroxylation is 1. The summed E-state index contributed by atoms with van der Waals surface area (Å²) in [5.41, 5.74) is 1.34. The average Bonchev–Trinajstić information content (AvgIpc) is 3.16. The molecule has 140 valence electrons. The Morgan fingerprint density at radius 1 is 1.00 bits per heavy atom. The molecule has 3 amide bonds. The lowest BCUT2D eigenvalue weighted by atomic mass is 10.1. The van der Waals surface area contributed by atoms with Crippen molar-refractivity contribution >= 4 is 29.4 Å². The highest BCUT2D eigenvalue weighted by atomic mass is 32.2. The van der Waals surface area contributed by atoms with E-state index in [9.17, 15) is 22.8 Å². The van der Waals surface area contributed by atoms with Gasteiger partial charge < -0.3 is 0 Å². The lowest BCUT2D eigenvalue weighted by molar-refractivity contribution is -0.137. The number of nitrogens with zero attached hydrogens (tertiary/aromatic N) is 2. The molecular formula is C19H15F3N2O2S. The fourth-order valence-electron chi connectivity index (χ4n) is 3.31. The zero-order chi connectivity index (χ0) is 19.3. The molecular weight excluding hydrogens is 377 g/mol. The molecule has 0 spiro atoms. The third-order valence-electron chi connectivity index (χ3n) is 4.73. The molecule has 2 fully saturated rings. The van der Waals surface area contributed by atoms with Gasteiger partial charge in [-0.05, 0) is 36.8 Å². The molecule has 2 heterocycles. The van der Waals surface area contributed by atoms with E-state index in [1.54, 1.807) is 12.1 Å². The first-order chi connectivity index (χ1) is 12.8. The molecule has 0 unspecified atom stereocenters. The lowest BCUT2D eigenvalue weighted by Gasteiger charge is -2.23. The highest BCUT2D eigenvalue weighted by Crippen LogP contribution is 2.46. The van der Waals surface area contributed by atoms with E-state index in [1.165, 1.54) is 28.8 Å². The maximum Gasteiger partial charge on any atom is 0.416 e. The number of benzene rings is 2. The summed E-state index contributed by atoms with van der Waals surface area (Å²) in [5.74, 6) is 0.115. The average molecular weight is 392 g/mol. The molecule has 2 aromatic carbocycles. The van der Waals surface area contributed by atoms with Gasteiger partial charge in [-0.15, -0.1) is 11.8 Å². The first-order valence-corrected chi connectivity index (χ1v) is 9.34. The summed E-state index contributed by atoms with van der Waals surface area (Å²) in [6, 6.07) is 10.8. The molecule has 4 nitrogen and oxygen atoms in total. The van der Waals surface area contributed by atoms with Gasteiger partial charge in [0.1, 0.15) is 11.4 Å². The largest absolute Gasteiger partial charge is 0.416 e. The van der Waals surface area contributed by atoms with Crippen LogP contribution in [0.1, 0.15) is 22.1 Å². The second-order valence-corrected chi connectivity index (χ2v) is 7.63. The minimum Gasteiger partial charge on any atom is -0.295 e. The summed E-state index contributed by atoms with van der Waals surface area (Å²) in [4.78, 5) is 28.3. The van der Waals surface area contributed by atoms with Gasteiger partial charge in [0, 0.05) is 5.75 Å². The second-order valence-electron chi connectivity index (χ2n) is 6.52. The zero-order valence-corrected chi connectivity index (χ0v) is 15.1. The summed E-state index contributed by atoms with van der Waals surface area (Å²) in [6.45, 7) is 1.91. The summed E-state index contributed by atoms with van der Waals surface area (Å²) in [6.07, 6.45) is -4.41. The van der Waals surface area contributed by atoms with Crippen LogP contribution in [0.2, 0.25) is 0 Å². The smallest absolute Gasteiger partial charge is 0.295 e. The molecule has 0 saturated carbocycles. The van der Waals surface area contributed by atoms with E-state index in [-0.39, 0.29) is 5.91 Å². The first kappa shape index (κ1) is 17.9. The molecule has 0 aromatic heterocycles. The number of amides is 3. The molecule has 0 bridgehead atoms. The number of alkyl halides is 3. The van der Waals surface area contributed by atoms with Crippen LogP contribution >= 0.6 is 11.8 Å². The Bertz CT molecular complexity index is 897. The van der Waals surface area contributed by atoms with Gasteiger partial charge in [0.2, 0.25) is 0 Å². The van der Waals surface area contributed by atoms with Crippen molar-refractivity contribution < 1.29 is 22.8 Å². The number of anilines is 1. The Hall–Kier alpha value is -2.48. The van der Waals surface area contributed by atoms with Crippen LogP contribution in [0.15, 0.2) is 48.5 Å². The third kappa shape index (κ3) is 2.97. The van der Waals surface area contributed by atoms with Crippen molar-refractivity contribution in [3.8, 4) is 0 Å². The van der Waals surface area contributed by atoms with Crippen LogP contribution in [-0.4, -0.2) is 28.6 Å². The number of urea groups is 1. The molecule has 2 atom stereocenters. The molecule has 2 saturated heterocycles. The molecule has 0 radical (unpaired) electrons. The summed E-state index contributed by atoms with van der Waals surface area (Å²) >= 11 is 1.38. The van der Waals surface area contributed by atoms with E-state index >= 15 is 0 Å². The molecule has 0 N–H and O–H groups in total. The fourth-order valence-corrected chi connectivity index (χ4v) is 4.73. The second kappa shape index (κ2) is 6.30. The van der Waals surface area contributed by atoms with Crippen molar-refractivity contribution in [3.63, 3.8) is 0 Å². The Morgan fingerprint density at radius 2 is 1.63 bits per heavy atom. The van der Waals surface area contributed by atoms with E-state index in [0.29, 0.717) is 17.0 Å². The van der Waals surface area contributed by atoms with Crippen LogP contribution in [0, 0.1) is 6.92 Å². The van der Waals surface area contributed by atoms with Crippen molar-refractivity contribution in [2.45, 2.75) is 24.5 Å². The van der Waals surface area contributed by atoms with Gasteiger partial charge in [-0.1, -0.05) is 29.8 Å². The van der Waals surface area contributed by atoms with Crippen molar-refractivity contribution in [1.82, 2.24) is 4.90 Å². The van der Waals surface area contributed by atoms with Crippen molar-refractivity contribution in [2.75, 3.05) is 10.7 Å². The standard InChI is InChI=1S/C19H15F3N2O2S/c1-11-2-8-14(9-3-11)23-16(25)15-10-27-17(24(15)18(23)26)12-4-6-13(7-5-12)19(20,21)22/h2-9,15,17H,10H2,1H3/t15-,17-/m1/s1. The van der Waals surface area contributed by atoms with Gasteiger partial charge >= 0.3 is 12.2 Å². The van der Waals surface area contributed by atoms with Gasteiger partial charge in [0.15, 0.2) is 0 Å². The van der Waals surface area contributed by atoms with Crippen LogP contribution in [0.4, 0.5) is 23.7 Å². The number of imide groups is 1. The minimum atomic E-state index is -4.41. The molecule has 4 rings (SSSR count). The van der Waals surface area contributed by atoms with Gasteiger partial charge in [0.05, 0.1) is 11.3 Å². The molecule has 27 heavy (non-hydrogen) atoms. The number of halogens is 3. The van der Waals surface area contributed by atoms with E-state index in [1.807, 2.05) is 19.1 Å². The molecule has 0 aliphatic carbocycles. The maximum atomic E-state index is 12.9. The van der Waals surface area contributed by atoms with Crippen LogP contribution < -0.4 is 4.90 Å². The predicted octanol–water partition coefficient (Wildman–Crippen LogP) is 4.60. The topological polar surface area (TPSA) is 40.6 Å². The monoisotopic (exact) mass is 392 g/mol. The van der Waals surface area contributed by atoms with E-state index in [4.69, 9.17) is 0 Å². The quantitative estimate of drug-likeness (QED) is 0.702. The number of fused-ring (bicyclic) bond motifs is 1. The van der Waals surface area contributed by atoms with Crippen LogP contribution in [0.5, 0.6) is 0 Å². The van der Waals surface area contributed by atoms with Crippen LogP contribution in [0.25, 0.3) is 0 Å². The number of carbonyl (C=O) groups is 2. The Morgan fingerprint density at radius 3 is 2.22 bits per heavy atom. The van der Waals surface area contributed by atoms with E-state index in [0.717, 1.165) is 22.6 Å². The highest BCUT2D eigenvalue weighted by molar-refractivity contribution is 7.99. The highest BCUT2D eigenvalue weighted by Gasteiger charge is 2.53. The minimum absolute atomic E-state index is 0.300. The fraction of sp³-hybridized carbons (Fsp3) is 0.263. The lowest BCUT2D eigenvalue weighted by Crippen LogP contribution is -2.33. The first-order valence-electron chi connectivity index (χ1n) is 8.29. The van der Waals surface area contributed by atoms with E-state index < -0.39 is 29.2 Å². The molecule has 2 aliphatic rings. The van der Waals surface area contributed by atoms with Crippen LogP contribution in [0.3, 0.4) is 0 Å². The number of carbonyl (C=O) groups excluding carboxylic acids is 2. The predicted molar refractivity (Wildman–Crippen MR) is 96.3 cm³/mol. The molecule has 2 aliphatic heterocycles. The van der Waals surface area contributed by atoms with Gasteiger partial charge in [-0.25, -0.2) is 9.69 Å². The third-order valence-corrected chi connectivity index (χ3v) is 6.06. The Labute approximate surface area is 157 Å². The maximum absolute atomic E-state index is 12.9. The van der Waals surface area contributed by atoms with Gasteiger partial charge in [0.25, 0.3) is 5.91 Å². The van der Waals surface area contributed by atoms with Crippen molar-refractivity contribution in [1.29, 1.82) is 0 Å². The Kier molecular flexibility index (Phi) is 4.18. The van der Waals surface area contributed by atoms with Gasteiger partial charge in [-0.2, -0.15) is 13.2 Å². The summed E-state index contributed by atoms with van der Waals surface area (Å²) < 4.78 is 38.3. The zero-order valence-electron chi connectivity index (χ0n) is 14.2. The summed E-state index contributed by atoms with van der Waals surface area (Å²) in [5, 5.41) is -0.482. The van der Waals surface area contributed by atoms with E-state index in [2.05, 4.69) is 0 Å². The Balaban J connectivity index is 1.63.